The quantitative estimate of drug-likeness (QED) is 0.817. The maximum absolute atomic E-state index is 12.7. The molecule has 0 aliphatic rings. The fraction of sp³-hybridized carbons (Fsp3) is 0.0769. The van der Waals surface area contributed by atoms with Crippen LogP contribution >= 0.6 is 31.9 Å². The molecule has 0 aliphatic carbocycles. The lowest BCUT2D eigenvalue weighted by Gasteiger charge is -2.10. The molecule has 0 atom stereocenters. The van der Waals surface area contributed by atoms with Crippen molar-refractivity contribution in [3.8, 4) is 0 Å². The Balaban J connectivity index is 2.10. The zero-order valence-electron chi connectivity index (χ0n) is 8.88. The third-order valence-corrected chi connectivity index (χ3v) is 3.67. The summed E-state index contributed by atoms with van der Waals surface area (Å²) < 4.78 is 14.7. The topological polar surface area (TPSA) is 12.0 Å². The lowest BCUT2D eigenvalue weighted by atomic mass is 10.2. The Morgan fingerprint density at radius 1 is 0.941 bits per heavy atom. The minimum atomic E-state index is -0.212. The summed E-state index contributed by atoms with van der Waals surface area (Å²) in [5.41, 5.74) is 2.03. The highest BCUT2D eigenvalue weighted by Gasteiger charge is 2.03. The third-order valence-electron chi connectivity index (χ3n) is 2.35. The van der Waals surface area contributed by atoms with Crippen LogP contribution in [0.3, 0.4) is 0 Å². The lowest BCUT2D eigenvalue weighted by molar-refractivity contribution is 0.627. The molecule has 0 radical (unpaired) electrons. The summed E-state index contributed by atoms with van der Waals surface area (Å²) in [6.45, 7) is 0.654. The van der Waals surface area contributed by atoms with Crippen LogP contribution in [0.25, 0.3) is 0 Å². The average Bonchev–Trinajstić information content (AvgIpc) is 2.31. The summed E-state index contributed by atoms with van der Waals surface area (Å²) in [6, 6.07) is 12.4. The number of anilines is 1. The predicted octanol–water partition coefficient (Wildman–Crippen LogP) is 4.96. The molecule has 1 N–H and O–H groups in total. The van der Waals surface area contributed by atoms with E-state index in [0.29, 0.717) is 6.54 Å². The molecule has 0 aliphatic heterocycles. The molecule has 0 amide bonds. The molecule has 0 spiro atoms. The molecule has 0 aromatic heterocycles. The summed E-state index contributed by atoms with van der Waals surface area (Å²) in [6.07, 6.45) is 0. The Labute approximate surface area is 116 Å². The van der Waals surface area contributed by atoms with Crippen molar-refractivity contribution < 1.29 is 4.39 Å². The Kier molecular flexibility index (Phi) is 4.18. The van der Waals surface area contributed by atoms with Crippen LogP contribution in [0.4, 0.5) is 10.1 Å². The van der Waals surface area contributed by atoms with E-state index in [-0.39, 0.29) is 5.82 Å². The number of halogens is 3. The first kappa shape index (κ1) is 12.6. The van der Waals surface area contributed by atoms with Gasteiger partial charge in [0.25, 0.3) is 0 Å². The first-order valence-electron chi connectivity index (χ1n) is 5.09. The molecule has 4 heteroatoms. The molecule has 88 valence electrons. The molecule has 0 bridgehead atoms. The molecule has 0 saturated carbocycles. The smallest absolute Gasteiger partial charge is 0.123 e. The molecular weight excluding hydrogens is 349 g/mol. The van der Waals surface area contributed by atoms with Gasteiger partial charge in [-0.3, -0.25) is 0 Å². The van der Waals surface area contributed by atoms with E-state index in [1.165, 1.54) is 12.1 Å². The first-order chi connectivity index (χ1) is 8.16. The number of benzene rings is 2. The van der Waals surface area contributed by atoms with Gasteiger partial charge >= 0.3 is 0 Å². The van der Waals surface area contributed by atoms with Crippen molar-refractivity contribution in [1.82, 2.24) is 0 Å². The second-order valence-corrected chi connectivity index (χ2v) is 5.29. The number of nitrogens with one attached hydrogen (secondary N) is 1. The van der Waals surface area contributed by atoms with Crippen molar-refractivity contribution in [2.24, 2.45) is 0 Å². The highest BCUT2D eigenvalue weighted by Crippen LogP contribution is 2.30. The van der Waals surface area contributed by atoms with Crippen LogP contribution in [0, 0.1) is 5.82 Å². The maximum Gasteiger partial charge on any atom is 0.123 e. The van der Waals surface area contributed by atoms with E-state index in [0.717, 1.165) is 20.2 Å². The second kappa shape index (κ2) is 5.65. The Morgan fingerprint density at radius 2 is 1.53 bits per heavy atom. The van der Waals surface area contributed by atoms with Crippen molar-refractivity contribution in [3.05, 3.63) is 62.8 Å². The standard InChI is InChI=1S/C13H10Br2FN/c14-11-2-1-3-12(15)13(11)17-8-9-4-6-10(16)7-5-9/h1-7,17H,8H2. The number of hydrogen-bond donors (Lipinski definition) is 1. The SMILES string of the molecule is Fc1ccc(CNc2c(Br)cccc2Br)cc1. The van der Waals surface area contributed by atoms with Gasteiger partial charge in [-0.05, 0) is 61.7 Å². The van der Waals surface area contributed by atoms with Gasteiger partial charge in [0.2, 0.25) is 0 Å². The zero-order valence-corrected chi connectivity index (χ0v) is 12.1. The molecule has 2 aromatic rings. The van der Waals surface area contributed by atoms with Crippen LogP contribution in [-0.2, 0) is 6.54 Å². The van der Waals surface area contributed by atoms with E-state index in [1.807, 2.05) is 18.2 Å². The minimum Gasteiger partial charge on any atom is -0.379 e. The Hall–Kier alpha value is -0.870. The van der Waals surface area contributed by atoms with Crippen molar-refractivity contribution in [1.29, 1.82) is 0 Å². The van der Waals surface area contributed by atoms with E-state index in [9.17, 15) is 4.39 Å². The van der Waals surface area contributed by atoms with Gasteiger partial charge in [0.1, 0.15) is 5.82 Å². The third kappa shape index (κ3) is 3.30. The molecule has 17 heavy (non-hydrogen) atoms. The van der Waals surface area contributed by atoms with E-state index in [4.69, 9.17) is 0 Å². The lowest BCUT2D eigenvalue weighted by Crippen LogP contribution is -2.00. The van der Waals surface area contributed by atoms with Gasteiger partial charge in [0, 0.05) is 15.5 Å². The zero-order chi connectivity index (χ0) is 12.3. The summed E-state index contributed by atoms with van der Waals surface area (Å²) in [4.78, 5) is 0. The molecule has 2 aromatic carbocycles. The van der Waals surface area contributed by atoms with E-state index in [1.54, 1.807) is 12.1 Å². The van der Waals surface area contributed by atoms with Gasteiger partial charge < -0.3 is 5.32 Å². The molecule has 0 heterocycles. The first-order valence-corrected chi connectivity index (χ1v) is 6.68. The van der Waals surface area contributed by atoms with Crippen LogP contribution in [-0.4, -0.2) is 0 Å². The van der Waals surface area contributed by atoms with E-state index < -0.39 is 0 Å². The number of hydrogen-bond acceptors (Lipinski definition) is 1. The average molecular weight is 359 g/mol. The predicted molar refractivity (Wildman–Crippen MR) is 75.6 cm³/mol. The largest absolute Gasteiger partial charge is 0.379 e. The van der Waals surface area contributed by atoms with Gasteiger partial charge in [-0.1, -0.05) is 18.2 Å². The summed E-state index contributed by atoms with van der Waals surface area (Å²) >= 11 is 6.96. The van der Waals surface area contributed by atoms with Crippen molar-refractivity contribution >= 4 is 37.5 Å². The van der Waals surface area contributed by atoms with Crippen LogP contribution in [0.15, 0.2) is 51.4 Å². The molecule has 2 rings (SSSR count). The number of rotatable bonds is 3. The van der Waals surface area contributed by atoms with Crippen LogP contribution in [0.2, 0.25) is 0 Å². The van der Waals surface area contributed by atoms with Gasteiger partial charge in [-0.2, -0.15) is 0 Å². The highest BCUT2D eigenvalue weighted by atomic mass is 79.9. The highest BCUT2D eigenvalue weighted by molar-refractivity contribution is 9.11. The fourth-order valence-electron chi connectivity index (χ4n) is 1.46. The van der Waals surface area contributed by atoms with Gasteiger partial charge in [0.15, 0.2) is 0 Å². The molecule has 1 nitrogen and oxygen atoms in total. The Bertz CT molecular complexity index is 491. The molecule has 0 unspecified atom stereocenters. The van der Waals surface area contributed by atoms with Crippen molar-refractivity contribution in [2.45, 2.75) is 6.54 Å². The summed E-state index contributed by atoms with van der Waals surface area (Å²) in [5, 5.41) is 3.30. The fourth-order valence-corrected chi connectivity index (χ4v) is 2.74. The maximum atomic E-state index is 12.7. The molecule has 0 saturated heterocycles. The van der Waals surface area contributed by atoms with Gasteiger partial charge in [-0.15, -0.1) is 0 Å². The summed E-state index contributed by atoms with van der Waals surface area (Å²) in [5.74, 6) is -0.212. The monoisotopic (exact) mass is 357 g/mol. The summed E-state index contributed by atoms with van der Waals surface area (Å²) in [7, 11) is 0. The van der Waals surface area contributed by atoms with E-state index >= 15 is 0 Å². The van der Waals surface area contributed by atoms with Crippen molar-refractivity contribution in [3.63, 3.8) is 0 Å². The van der Waals surface area contributed by atoms with Crippen molar-refractivity contribution in [2.75, 3.05) is 5.32 Å². The van der Waals surface area contributed by atoms with Crippen LogP contribution in [0.1, 0.15) is 5.56 Å². The van der Waals surface area contributed by atoms with E-state index in [2.05, 4.69) is 37.2 Å². The Morgan fingerprint density at radius 3 is 2.12 bits per heavy atom. The molecule has 0 fully saturated rings. The molecular formula is C13H10Br2FN. The van der Waals surface area contributed by atoms with Gasteiger partial charge in [0.05, 0.1) is 5.69 Å². The van der Waals surface area contributed by atoms with Gasteiger partial charge in [-0.25, -0.2) is 4.39 Å². The normalized spacial score (nSPS) is 10.3. The number of para-hydroxylation sites is 1. The van der Waals surface area contributed by atoms with Crippen LogP contribution < -0.4 is 5.32 Å². The second-order valence-electron chi connectivity index (χ2n) is 3.58. The van der Waals surface area contributed by atoms with Crippen LogP contribution in [0.5, 0.6) is 0 Å². The minimum absolute atomic E-state index is 0.212.